The van der Waals surface area contributed by atoms with Crippen LogP contribution in [0.25, 0.3) is 0 Å². The van der Waals surface area contributed by atoms with Gasteiger partial charge in [-0.1, -0.05) is 54.2 Å². The van der Waals surface area contributed by atoms with Crippen molar-refractivity contribution in [2.75, 3.05) is 0 Å². The van der Waals surface area contributed by atoms with Crippen LogP contribution in [0.1, 0.15) is 11.1 Å². The SMILES string of the molecule is O=C1N/C(=N/N=Cc2cccc([N+](=O)[O-])c2)SC1Cc1ccccc1. The number of amides is 1. The quantitative estimate of drug-likeness (QED) is 0.507. The molecule has 0 radical (unpaired) electrons. The molecule has 7 nitrogen and oxygen atoms in total. The summed E-state index contributed by atoms with van der Waals surface area (Å²) in [5.41, 5.74) is 1.63. The van der Waals surface area contributed by atoms with Crippen LogP contribution in [0.15, 0.2) is 64.8 Å². The first-order valence-corrected chi connectivity index (χ1v) is 8.37. The molecule has 1 saturated heterocycles. The second-order valence-electron chi connectivity index (χ2n) is 5.29. The maximum Gasteiger partial charge on any atom is 0.270 e. The summed E-state index contributed by atoms with van der Waals surface area (Å²) in [5, 5.41) is 21.5. The van der Waals surface area contributed by atoms with Crippen molar-refractivity contribution in [3.63, 3.8) is 0 Å². The molecule has 1 N–H and O–H groups in total. The molecule has 1 aliphatic rings. The third kappa shape index (κ3) is 4.51. The predicted molar refractivity (Wildman–Crippen MR) is 97.8 cm³/mol. The number of nitrogens with zero attached hydrogens (tertiary/aromatic N) is 3. The molecule has 0 saturated carbocycles. The Labute approximate surface area is 148 Å². The van der Waals surface area contributed by atoms with Gasteiger partial charge in [-0.25, -0.2) is 0 Å². The van der Waals surface area contributed by atoms with Crippen molar-refractivity contribution in [2.24, 2.45) is 10.2 Å². The van der Waals surface area contributed by atoms with Crippen LogP contribution < -0.4 is 5.32 Å². The Morgan fingerprint density at radius 3 is 2.76 bits per heavy atom. The van der Waals surface area contributed by atoms with E-state index in [4.69, 9.17) is 0 Å². The fourth-order valence-electron chi connectivity index (χ4n) is 2.28. The Hall–Kier alpha value is -3.00. The summed E-state index contributed by atoms with van der Waals surface area (Å²) in [4.78, 5) is 22.3. The van der Waals surface area contributed by atoms with Crippen LogP contribution in [0.4, 0.5) is 5.69 Å². The summed E-state index contributed by atoms with van der Waals surface area (Å²) in [6, 6.07) is 15.8. The molecule has 0 aliphatic carbocycles. The van der Waals surface area contributed by atoms with Crippen LogP contribution in [-0.4, -0.2) is 27.5 Å². The highest BCUT2D eigenvalue weighted by Gasteiger charge is 2.30. The maximum atomic E-state index is 12.0. The lowest BCUT2D eigenvalue weighted by Gasteiger charge is -2.04. The molecule has 1 aliphatic heterocycles. The van der Waals surface area contributed by atoms with Crippen molar-refractivity contribution in [1.29, 1.82) is 0 Å². The maximum absolute atomic E-state index is 12.0. The first kappa shape index (κ1) is 16.8. The summed E-state index contributed by atoms with van der Waals surface area (Å²) in [6.45, 7) is 0. The van der Waals surface area contributed by atoms with E-state index in [1.54, 1.807) is 12.1 Å². The van der Waals surface area contributed by atoms with Crippen LogP contribution in [0, 0.1) is 10.1 Å². The molecule has 1 amide bonds. The highest BCUT2D eigenvalue weighted by molar-refractivity contribution is 8.15. The number of benzene rings is 2. The molecule has 1 atom stereocenters. The Bertz CT molecular complexity index is 852. The van der Waals surface area contributed by atoms with Gasteiger partial charge in [-0.2, -0.15) is 5.10 Å². The van der Waals surface area contributed by atoms with Gasteiger partial charge in [0.05, 0.1) is 16.4 Å². The number of nitro benzene ring substituents is 1. The number of non-ortho nitro benzene ring substituents is 1. The monoisotopic (exact) mass is 354 g/mol. The molecule has 1 heterocycles. The Morgan fingerprint density at radius 1 is 1.20 bits per heavy atom. The average molecular weight is 354 g/mol. The van der Waals surface area contributed by atoms with E-state index in [1.807, 2.05) is 30.3 Å². The summed E-state index contributed by atoms with van der Waals surface area (Å²) >= 11 is 1.32. The molecule has 1 fully saturated rings. The summed E-state index contributed by atoms with van der Waals surface area (Å²) in [7, 11) is 0. The minimum atomic E-state index is -0.468. The van der Waals surface area contributed by atoms with Crippen molar-refractivity contribution in [3.8, 4) is 0 Å². The van der Waals surface area contributed by atoms with Crippen LogP contribution in [0.5, 0.6) is 0 Å². The van der Waals surface area contributed by atoms with E-state index in [2.05, 4.69) is 15.5 Å². The van der Waals surface area contributed by atoms with Crippen molar-refractivity contribution >= 4 is 34.7 Å². The molecule has 0 bridgehead atoms. The Kier molecular flexibility index (Phi) is 5.20. The zero-order valence-corrected chi connectivity index (χ0v) is 13.8. The van der Waals surface area contributed by atoms with Crippen molar-refractivity contribution in [2.45, 2.75) is 11.7 Å². The van der Waals surface area contributed by atoms with E-state index < -0.39 is 4.92 Å². The summed E-state index contributed by atoms with van der Waals surface area (Å²) < 4.78 is 0. The number of hydrogen-bond acceptors (Lipinski definition) is 6. The van der Waals surface area contributed by atoms with Crippen LogP contribution in [-0.2, 0) is 11.2 Å². The van der Waals surface area contributed by atoms with E-state index in [0.29, 0.717) is 17.2 Å². The third-order valence-electron chi connectivity index (χ3n) is 3.48. The van der Waals surface area contributed by atoms with Crippen LogP contribution in [0.3, 0.4) is 0 Å². The Balaban J connectivity index is 1.64. The molecule has 3 rings (SSSR count). The first-order chi connectivity index (χ1) is 12.1. The molecule has 2 aromatic rings. The van der Waals surface area contributed by atoms with Gasteiger partial charge in [-0.3, -0.25) is 14.9 Å². The largest absolute Gasteiger partial charge is 0.303 e. The molecule has 25 heavy (non-hydrogen) atoms. The summed E-state index contributed by atoms with van der Waals surface area (Å²) in [5.74, 6) is -0.0989. The lowest BCUT2D eigenvalue weighted by Crippen LogP contribution is -2.25. The number of nitro groups is 1. The molecule has 8 heteroatoms. The highest BCUT2D eigenvalue weighted by Crippen LogP contribution is 2.23. The first-order valence-electron chi connectivity index (χ1n) is 7.49. The zero-order valence-electron chi connectivity index (χ0n) is 13.0. The van der Waals surface area contributed by atoms with Gasteiger partial charge in [-0.05, 0) is 12.0 Å². The van der Waals surface area contributed by atoms with E-state index in [-0.39, 0.29) is 16.8 Å². The number of carbonyl (C=O) groups excluding carboxylic acids is 1. The number of thioether (sulfide) groups is 1. The van der Waals surface area contributed by atoms with Crippen molar-refractivity contribution in [3.05, 3.63) is 75.8 Å². The van der Waals surface area contributed by atoms with Gasteiger partial charge in [0.1, 0.15) is 0 Å². The number of rotatable bonds is 5. The van der Waals surface area contributed by atoms with E-state index in [1.165, 1.54) is 30.1 Å². The lowest BCUT2D eigenvalue weighted by atomic mass is 10.1. The van der Waals surface area contributed by atoms with E-state index in [9.17, 15) is 14.9 Å². The highest BCUT2D eigenvalue weighted by atomic mass is 32.2. The standard InChI is InChI=1S/C17H14N4O3S/c22-16-15(10-12-5-2-1-3-6-12)25-17(19-16)20-18-11-13-7-4-8-14(9-13)21(23)24/h1-9,11,15H,10H2,(H,19,20,22). The Morgan fingerprint density at radius 2 is 2.00 bits per heavy atom. The van der Waals surface area contributed by atoms with Gasteiger partial charge in [0.15, 0.2) is 5.17 Å². The van der Waals surface area contributed by atoms with Gasteiger partial charge in [0.2, 0.25) is 5.91 Å². The van der Waals surface area contributed by atoms with Gasteiger partial charge in [-0.15, -0.1) is 5.10 Å². The van der Waals surface area contributed by atoms with Crippen LogP contribution >= 0.6 is 11.8 Å². The minimum absolute atomic E-state index is 0.0110. The van der Waals surface area contributed by atoms with Gasteiger partial charge >= 0.3 is 0 Å². The third-order valence-corrected chi connectivity index (χ3v) is 4.55. The molecular formula is C17H14N4O3S. The molecule has 0 aromatic heterocycles. The number of amidine groups is 1. The summed E-state index contributed by atoms with van der Waals surface area (Å²) in [6.07, 6.45) is 2.03. The van der Waals surface area contributed by atoms with Crippen molar-refractivity contribution in [1.82, 2.24) is 5.32 Å². The molecule has 2 aromatic carbocycles. The van der Waals surface area contributed by atoms with Crippen molar-refractivity contribution < 1.29 is 9.72 Å². The molecule has 0 spiro atoms. The smallest absolute Gasteiger partial charge is 0.270 e. The molecule has 126 valence electrons. The number of carbonyl (C=O) groups is 1. The molecular weight excluding hydrogens is 340 g/mol. The minimum Gasteiger partial charge on any atom is -0.303 e. The number of nitrogens with one attached hydrogen (secondary N) is 1. The van der Waals surface area contributed by atoms with E-state index in [0.717, 1.165) is 5.56 Å². The van der Waals surface area contributed by atoms with Gasteiger partial charge in [0.25, 0.3) is 5.69 Å². The van der Waals surface area contributed by atoms with Gasteiger partial charge in [0, 0.05) is 17.7 Å². The number of hydrogen-bond donors (Lipinski definition) is 1. The normalized spacial score (nSPS) is 18.6. The zero-order chi connectivity index (χ0) is 17.6. The topological polar surface area (TPSA) is 97.0 Å². The average Bonchev–Trinajstić information content (AvgIpc) is 2.95. The fourth-order valence-corrected chi connectivity index (χ4v) is 3.25. The molecule has 1 unspecified atom stereocenters. The fraction of sp³-hybridized carbons (Fsp3) is 0.118. The van der Waals surface area contributed by atoms with Gasteiger partial charge < -0.3 is 5.32 Å². The van der Waals surface area contributed by atoms with E-state index >= 15 is 0 Å². The predicted octanol–water partition coefficient (Wildman–Crippen LogP) is 2.76. The second kappa shape index (κ2) is 7.71. The second-order valence-corrected chi connectivity index (χ2v) is 6.48. The van der Waals surface area contributed by atoms with Crippen LogP contribution in [0.2, 0.25) is 0 Å². The lowest BCUT2D eigenvalue weighted by molar-refractivity contribution is -0.384.